The van der Waals surface area contributed by atoms with Crippen LogP contribution < -0.4 is 15.4 Å². The van der Waals surface area contributed by atoms with Crippen LogP contribution in [-0.4, -0.2) is 29.6 Å². The molecule has 2 aromatic heterocycles. The number of hydrogen-bond acceptors (Lipinski definition) is 5. The number of nitrogens with zero attached hydrogens (tertiary/aromatic N) is 3. The monoisotopic (exact) mass is 387 g/mol. The van der Waals surface area contributed by atoms with Gasteiger partial charge in [-0.15, -0.1) is 11.3 Å². The lowest BCUT2D eigenvalue weighted by Crippen LogP contribution is -2.36. The molecule has 26 heavy (non-hydrogen) atoms. The predicted octanol–water partition coefficient (Wildman–Crippen LogP) is 3.21. The maximum Gasteiger partial charge on any atom is 0.434 e. The maximum atomic E-state index is 12.5. The van der Waals surface area contributed by atoms with Crippen molar-refractivity contribution in [2.45, 2.75) is 32.6 Å². The van der Waals surface area contributed by atoms with Crippen molar-refractivity contribution in [3.8, 4) is 5.88 Å². The Morgan fingerprint density at radius 2 is 2.04 bits per heavy atom. The third kappa shape index (κ3) is 6.17. The predicted molar refractivity (Wildman–Crippen MR) is 94.2 cm³/mol. The van der Waals surface area contributed by atoms with Crippen LogP contribution in [0.25, 0.3) is 0 Å². The van der Waals surface area contributed by atoms with Crippen LogP contribution in [0.2, 0.25) is 0 Å². The van der Waals surface area contributed by atoms with Crippen molar-refractivity contribution in [2.75, 3.05) is 13.7 Å². The van der Waals surface area contributed by atoms with Gasteiger partial charge in [-0.25, -0.2) is 9.97 Å². The summed E-state index contributed by atoms with van der Waals surface area (Å²) < 4.78 is 43.1. The van der Waals surface area contributed by atoms with E-state index in [1.807, 2.05) is 13.0 Å². The second kappa shape index (κ2) is 9.37. The van der Waals surface area contributed by atoms with Gasteiger partial charge in [0.2, 0.25) is 5.88 Å². The number of thiazole rings is 1. The Kier molecular flexibility index (Phi) is 7.19. The first-order valence-corrected chi connectivity index (χ1v) is 8.84. The minimum atomic E-state index is -4.42. The Hall–Kier alpha value is -2.36. The molecule has 142 valence electrons. The summed E-state index contributed by atoms with van der Waals surface area (Å²) >= 11 is 0.951. The largest absolute Gasteiger partial charge is 0.478 e. The van der Waals surface area contributed by atoms with Gasteiger partial charge in [-0.3, -0.25) is 4.99 Å². The summed E-state index contributed by atoms with van der Waals surface area (Å²) in [7, 11) is 1.58. The average Bonchev–Trinajstić information content (AvgIpc) is 3.10. The quantitative estimate of drug-likeness (QED) is 0.564. The molecule has 0 saturated heterocycles. The molecule has 0 amide bonds. The number of aromatic nitrogens is 2. The average molecular weight is 387 g/mol. The summed E-state index contributed by atoms with van der Waals surface area (Å²) in [5.74, 6) is 1.03. The van der Waals surface area contributed by atoms with Crippen LogP contribution in [0, 0.1) is 0 Å². The van der Waals surface area contributed by atoms with Gasteiger partial charge in [0.1, 0.15) is 5.01 Å². The van der Waals surface area contributed by atoms with Gasteiger partial charge < -0.3 is 15.4 Å². The second-order valence-electron chi connectivity index (χ2n) is 5.26. The molecule has 2 rings (SSSR count). The molecule has 0 atom stereocenters. The number of alkyl halides is 3. The van der Waals surface area contributed by atoms with E-state index in [1.54, 1.807) is 19.3 Å². The topological polar surface area (TPSA) is 71.4 Å². The highest BCUT2D eigenvalue weighted by Crippen LogP contribution is 2.29. The normalized spacial score (nSPS) is 12.1. The lowest BCUT2D eigenvalue weighted by molar-refractivity contribution is -0.140. The van der Waals surface area contributed by atoms with E-state index in [-0.39, 0.29) is 6.54 Å². The molecule has 0 aliphatic carbocycles. The molecule has 0 spiro atoms. The first kappa shape index (κ1) is 20.0. The molecule has 0 radical (unpaired) electrons. The van der Waals surface area contributed by atoms with E-state index in [0.717, 1.165) is 28.7 Å². The molecule has 0 aliphatic heterocycles. The zero-order valence-corrected chi connectivity index (χ0v) is 15.2. The van der Waals surface area contributed by atoms with E-state index in [9.17, 15) is 13.2 Å². The van der Waals surface area contributed by atoms with Gasteiger partial charge in [0, 0.05) is 31.2 Å². The second-order valence-corrected chi connectivity index (χ2v) is 6.20. The van der Waals surface area contributed by atoms with Gasteiger partial charge in [0.25, 0.3) is 0 Å². The number of hydrogen-bond donors (Lipinski definition) is 2. The number of ether oxygens (including phenoxy) is 1. The van der Waals surface area contributed by atoms with Crippen LogP contribution >= 0.6 is 11.3 Å². The number of halogens is 3. The SMILES string of the molecule is CCCOc1ccc(CNC(=NC)NCc2nc(C(F)(F)F)cs2)cn1. The number of rotatable bonds is 7. The van der Waals surface area contributed by atoms with E-state index >= 15 is 0 Å². The molecular formula is C16H20F3N5OS. The van der Waals surface area contributed by atoms with Crippen molar-refractivity contribution in [2.24, 2.45) is 4.99 Å². The van der Waals surface area contributed by atoms with Gasteiger partial charge >= 0.3 is 6.18 Å². The van der Waals surface area contributed by atoms with Gasteiger partial charge in [-0.2, -0.15) is 13.2 Å². The molecule has 0 saturated carbocycles. The summed E-state index contributed by atoms with van der Waals surface area (Å²) in [4.78, 5) is 11.8. The molecule has 10 heteroatoms. The molecule has 0 aliphatic rings. The molecule has 0 unspecified atom stereocenters. The smallest absolute Gasteiger partial charge is 0.434 e. The van der Waals surface area contributed by atoms with E-state index in [2.05, 4.69) is 25.6 Å². The Bertz CT molecular complexity index is 715. The molecule has 2 aromatic rings. The Labute approximate surface area is 153 Å². The fraction of sp³-hybridized carbons (Fsp3) is 0.438. The lowest BCUT2D eigenvalue weighted by atomic mass is 10.3. The first-order valence-electron chi connectivity index (χ1n) is 7.96. The first-order chi connectivity index (χ1) is 12.4. The van der Waals surface area contributed by atoms with Crippen LogP contribution in [-0.2, 0) is 19.3 Å². The summed E-state index contributed by atoms with van der Waals surface area (Å²) in [6.45, 7) is 3.26. The van der Waals surface area contributed by atoms with E-state index in [0.29, 0.717) is 30.0 Å². The summed E-state index contributed by atoms with van der Waals surface area (Å²) in [5.41, 5.74) is 0.0455. The van der Waals surface area contributed by atoms with Crippen LogP contribution in [0.5, 0.6) is 5.88 Å². The standard InChI is InChI=1S/C16H20F3N5OS/c1-3-6-25-13-5-4-11(7-21-13)8-22-15(20-2)23-9-14-24-12(10-26-14)16(17,18)19/h4-5,7,10H,3,6,8-9H2,1-2H3,(H2,20,22,23). The molecular weight excluding hydrogens is 367 g/mol. The number of guanidine groups is 1. The van der Waals surface area contributed by atoms with E-state index in [1.165, 1.54) is 0 Å². The lowest BCUT2D eigenvalue weighted by Gasteiger charge is -2.11. The Balaban J connectivity index is 1.81. The van der Waals surface area contributed by atoms with Crippen molar-refractivity contribution in [1.82, 2.24) is 20.6 Å². The van der Waals surface area contributed by atoms with Crippen molar-refractivity contribution >= 4 is 17.3 Å². The van der Waals surface area contributed by atoms with Gasteiger partial charge in [-0.05, 0) is 12.0 Å². The van der Waals surface area contributed by atoms with Crippen LogP contribution in [0.4, 0.5) is 13.2 Å². The third-order valence-corrected chi connectivity index (χ3v) is 4.03. The molecule has 0 bridgehead atoms. The highest BCUT2D eigenvalue weighted by molar-refractivity contribution is 7.09. The summed E-state index contributed by atoms with van der Waals surface area (Å²) in [5, 5.41) is 7.34. The Morgan fingerprint density at radius 1 is 1.27 bits per heavy atom. The minimum Gasteiger partial charge on any atom is -0.478 e. The molecule has 0 aromatic carbocycles. The van der Waals surface area contributed by atoms with Crippen LogP contribution in [0.3, 0.4) is 0 Å². The van der Waals surface area contributed by atoms with Crippen molar-refractivity contribution in [1.29, 1.82) is 0 Å². The molecule has 2 heterocycles. The molecule has 2 N–H and O–H groups in total. The van der Waals surface area contributed by atoms with Gasteiger partial charge in [0.15, 0.2) is 11.7 Å². The van der Waals surface area contributed by atoms with Gasteiger partial charge in [-0.1, -0.05) is 13.0 Å². The number of aliphatic imine (C=N–C) groups is 1. The third-order valence-electron chi connectivity index (χ3n) is 3.18. The van der Waals surface area contributed by atoms with E-state index < -0.39 is 11.9 Å². The van der Waals surface area contributed by atoms with Crippen molar-refractivity contribution in [3.63, 3.8) is 0 Å². The fourth-order valence-corrected chi connectivity index (χ4v) is 2.64. The van der Waals surface area contributed by atoms with Crippen molar-refractivity contribution in [3.05, 3.63) is 40.0 Å². The van der Waals surface area contributed by atoms with Crippen LogP contribution in [0.1, 0.15) is 29.6 Å². The Morgan fingerprint density at radius 3 is 2.62 bits per heavy atom. The number of nitrogens with one attached hydrogen (secondary N) is 2. The van der Waals surface area contributed by atoms with Crippen LogP contribution in [0.15, 0.2) is 28.7 Å². The number of pyridine rings is 1. The fourth-order valence-electron chi connectivity index (χ4n) is 1.90. The van der Waals surface area contributed by atoms with Gasteiger partial charge in [0.05, 0.1) is 13.2 Å². The molecule has 0 fully saturated rings. The molecule has 6 nitrogen and oxygen atoms in total. The van der Waals surface area contributed by atoms with E-state index in [4.69, 9.17) is 4.74 Å². The zero-order chi connectivity index (χ0) is 19.0. The highest BCUT2D eigenvalue weighted by atomic mass is 32.1. The zero-order valence-electron chi connectivity index (χ0n) is 14.4. The maximum absolute atomic E-state index is 12.5. The van der Waals surface area contributed by atoms with Crippen molar-refractivity contribution < 1.29 is 17.9 Å². The minimum absolute atomic E-state index is 0.155. The highest BCUT2D eigenvalue weighted by Gasteiger charge is 2.33. The summed E-state index contributed by atoms with van der Waals surface area (Å²) in [6.07, 6.45) is -1.81. The summed E-state index contributed by atoms with van der Waals surface area (Å²) in [6, 6.07) is 3.67.